The Morgan fingerprint density at radius 3 is 2.55 bits per heavy atom. The van der Waals surface area contributed by atoms with Gasteiger partial charge in [0.15, 0.2) is 17.3 Å². The minimum absolute atomic E-state index is 0.155. The number of fused-ring (bicyclic) bond motifs is 1. The van der Waals surface area contributed by atoms with E-state index in [9.17, 15) is 14.4 Å². The SMILES string of the molecule is CC1C=CCC2C(=O)C=CC(=O)C12C(=O)c1ccc(Cl)cc1. The summed E-state index contributed by atoms with van der Waals surface area (Å²) in [4.78, 5) is 38.1. The quantitative estimate of drug-likeness (QED) is 0.477. The van der Waals surface area contributed by atoms with E-state index >= 15 is 0 Å². The summed E-state index contributed by atoms with van der Waals surface area (Å²) in [5.41, 5.74) is -0.915. The number of ketones is 3. The van der Waals surface area contributed by atoms with Crippen LogP contribution in [-0.2, 0) is 9.59 Å². The van der Waals surface area contributed by atoms with E-state index in [1.165, 1.54) is 12.2 Å². The summed E-state index contributed by atoms with van der Waals surface area (Å²) in [5, 5.41) is 0.521. The van der Waals surface area contributed by atoms with Crippen molar-refractivity contribution in [1.29, 1.82) is 0 Å². The molecule has 0 radical (unpaired) electrons. The topological polar surface area (TPSA) is 51.2 Å². The van der Waals surface area contributed by atoms with Crippen LogP contribution in [-0.4, -0.2) is 17.3 Å². The Labute approximate surface area is 133 Å². The van der Waals surface area contributed by atoms with Crippen molar-refractivity contribution in [1.82, 2.24) is 0 Å². The maximum Gasteiger partial charge on any atom is 0.178 e. The first-order chi connectivity index (χ1) is 10.5. The number of halogens is 1. The Kier molecular flexibility index (Phi) is 3.61. The molecule has 2 aliphatic carbocycles. The van der Waals surface area contributed by atoms with Crippen LogP contribution >= 0.6 is 11.6 Å². The third-order valence-electron chi connectivity index (χ3n) is 4.70. The molecule has 2 aliphatic rings. The lowest BCUT2D eigenvalue weighted by atomic mass is 9.55. The summed E-state index contributed by atoms with van der Waals surface area (Å²) >= 11 is 5.86. The summed E-state index contributed by atoms with van der Waals surface area (Å²) in [6.07, 6.45) is 6.70. The fraction of sp³-hybridized carbons (Fsp3) is 0.278. The highest BCUT2D eigenvalue weighted by Gasteiger charge is 2.58. The van der Waals surface area contributed by atoms with Gasteiger partial charge in [0.05, 0.1) is 0 Å². The highest BCUT2D eigenvalue weighted by atomic mass is 35.5. The molecule has 0 bridgehead atoms. The molecule has 0 aliphatic heterocycles. The van der Waals surface area contributed by atoms with Gasteiger partial charge in [0.2, 0.25) is 0 Å². The largest absolute Gasteiger partial charge is 0.294 e. The number of rotatable bonds is 2. The van der Waals surface area contributed by atoms with Gasteiger partial charge >= 0.3 is 0 Å². The van der Waals surface area contributed by atoms with Crippen LogP contribution in [0.2, 0.25) is 5.02 Å². The summed E-state index contributed by atoms with van der Waals surface area (Å²) < 4.78 is 0. The first kappa shape index (κ1) is 14.9. The van der Waals surface area contributed by atoms with Gasteiger partial charge < -0.3 is 0 Å². The molecule has 3 rings (SSSR count). The monoisotopic (exact) mass is 314 g/mol. The van der Waals surface area contributed by atoms with Crippen molar-refractivity contribution in [3.63, 3.8) is 0 Å². The first-order valence-corrected chi connectivity index (χ1v) is 7.59. The third-order valence-corrected chi connectivity index (χ3v) is 4.95. The van der Waals surface area contributed by atoms with Crippen molar-refractivity contribution in [3.05, 3.63) is 59.2 Å². The van der Waals surface area contributed by atoms with Crippen molar-refractivity contribution in [2.24, 2.45) is 17.3 Å². The summed E-state index contributed by atoms with van der Waals surface area (Å²) in [6, 6.07) is 6.46. The molecule has 22 heavy (non-hydrogen) atoms. The molecule has 1 aromatic rings. The Hall–Kier alpha value is -2.00. The smallest absolute Gasteiger partial charge is 0.178 e. The number of hydrogen-bond donors (Lipinski definition) is 0. The molecule has 0 saturated carbocycles. The molecule has 4 heteroatoms. The average molecular weight is 315 g/mol. The number of benzene rings is 1. The Morgan fingerprint density at radius 2 is 1.86 bits per heavy atom. The zero-order valence-corrected chi connectivity index (χ0v) is 12.8. The minimum atomic E-state index is -1.32. The molecule has 3 atom stereocenters. The maximum absolute atomic E-state index is 13.1. The molecular weight excluding hydrogens is 300 g/mol. The average Bonchev–Trinajstić information content (AvgIpc) is 2.51. The molecule has 1 aromatic carbocycles. The third kappa shape index (κ3) is 2.00. The lowest BCUT2D eigenvalue weighted by Gasteiger charge is -2.43. The Morgan fingerprint density at radius 1 is 1.18 bits per heavy atom. The lowest BCUT2D eigenvalue weighted by molar-refractivity contribution is -0.135. The zero-order valence-electron chi connectivity index (χ0n) is 12.1. The second-order valence-electron chi connectivity index (χ2n) is 5.81. The van der Waals surface area contributed by atoms with Crippen LogP contribution in [0, 0.1) is 17.3 Å². The number of hydrogen-bond acceptors (Lipinski definition) is 3. The highest BCUT2D eigenvalue weighted by molar-refractivity contribution is 6.31. The van der Waals surface area contributed by atoms with Crippen LogP contribution in [0.3, 0.4) is 0 Å². The summed E-state index contributed by atoms with van der Waals surface area (Å²) in [5.74, 6) is -1.68. The van der Waals surface area contributed by atoms with Crippen LogP contribution in [0.4, 0.5) is 0 Å². The molecule has 0 fully saturated rings. The molecule has 0 N–H and O–H groups in total. The van der Waals surface area contributed by atoms with Crippen LogP contribution < -0.4 is 0 Å². The second kappa shape index (κ2) is 5.33. The van der Waals surface area contributed by atoms with E-state index in [1.54, 1.807) is 24.3 Å². The maximum atomic E-state index is 13.1. The van der Waals surface area contributed by atoms with Gasteiger partial charge in [-0.2, -0.15) is 0 Å². The lowest BCUT2D eigenvalue weighted by Crippen LogP contribution is -2.54. The fourth-order valence-corrected chi connectivity index (χ4v) is 3.67. The van der Waals surface area contributed by atoms with Crippen LogP contribution in [0.1, 0.15) is 23.7 Å². The normalized spacial score (nSPS) is 30.3. The van der Waals surface area contributed by atoms with Gasteiger partial charge in [-0.3, -0.25) is 14.4 Å². The van der Waals surface area contributed by atoms with E-state index in [1.807, 2.05) is 19.1 Å². The van der Waals surface area contributed by atoms with Crippen molar-refractivity contribution < 1.29 is 14.4 Å². The molecule has 3 unspecified atom stereocenters. The van der Waals surface area contributed by atoms with Crippen molar-refractivity contribution in [2.45, 2.75) is 13.3 Å². The molecule has 0 aromatic heterocycles. The van der Waals surface area contributed by atoms with Gasteiger partial charge in [-0.25, -0.2) is 0 Å². The number of carbonyl (C=O) groups is 3. The van der Waals surface area contributed by atoms with Gasteiger partial charge in [0, 0.05) is 16.5 Å². The zero-order chi connectivity index (χ0) is 15.9. The molecule has 0 spiro atoms. The van der Waals surface area contributed by atoms with Crippen molar-refractivity contribution >= 4 is 29.0 Å². The predicted octanol–water partition coefficient (Wildman–Crippen LogP) is 3.43. The molecular formula is C18H15ClO3. The summed E-state index contributed by atoms with van der Waals surface area (Å²) in [7, 11) is 0. The fourth-order valence-electron chi connectivity index (χ4n) is 3.54. The van der Waals surface area contributed by atoms with E-state index in [2.05, 4.69) is 0 Å². The van der Waals surface area contributed by atoms with E-state index in [4.69, 9.17) is 11.6 Å². The van der Waals surface area contributed by atoms with Crippen molar-refractivity contribution in [3.8, 4) is 0 Å². The first-order valence-electron chi connectivity index (χ1n) is 7.21. The van der Waals surface area contributed by atoms with Crippen LogP contribution in [0.15, 0.2) is 48.6 Å². The van der Waals surface area contributed by atoms with Gasteiger partial charge in [-0.15, -0.1) is 0 Å². The molecule has 3 nitrogen and oxygen atoms in total. The molecule has 0 saturated heterocycles. The van der Waals surface area contributed by atoms with Gasteiger partial charge in [0.25, 0.3) is 0 Å². The van der Waals surface area contributed by atoms with Gasteiger partial charge in [-0.1, -0.05) is 30.7 Å². The highest BCUT2D eigenvalue weighted by Crippen LogP contribution is 2.48. The second-order valence-corrected chi connectivity index (χ2v) is 6.25. The van der Waals surface area contributed by atoms with Crippen molar-refractivity contribution in [2.75, 3.05) is 0 Å². The molecule has 0 amide bonds. The van der Waals surface area contributed by atoms with Gasteiger partial charge in [-0.05, 0) is 48.8 Å². The molecule has 0 heterocycles. The number of Topliss-reactive ketones (excluding diaryl/α,β-unsaturated/α-hetero) is 1. The van der Waals surface area contributed by atoms with Crippen LogP contribution in [0.25, 0.3) is 0 Å². The minimum Gasteiger partial charge on any atom is -0.294 e. The Bertz CT molecular complexity index is 714. The van der Waals surface area contributed by atoms with Gasteiger partial charge in [0.1, 0.15) is 5.41 Å². The summed E-state index contributed by atoms with van der Waals surface area (Å²) in [6.45, 7) is 1.82. The number of allylic oxidation sites excluding steroid dienone is 4. The van der Waals surface area contributed by atoms with E-state index in [0.29, 0.717) is 17.0 Å². The van der Waals surface area contributed by atoms with Crippen LogP contribution in [0.5, 0.6) is 0 Å². The Balaban J connectivity index is 2.17. The van der Waals surface area contributed by atoms with E-state index in [-0.39, 0.29) is 23.3 Å². The predicted molar refractivity (Wildman–Crippen MR) is 83.8 cm³/mol. The van der Waals surface area contributed by atoms with E-state index < -0.39 is 11.3 Å². The van der Waals surface area contributed by atoms with E-state index in [0.717, 1.165) is 0 Å². The molecule has 112 valence electrons. The standard InChI is InChI=1S/C18H15ClO3/c1-11-3-2-4-14-15(20)9-10-16(21)18(11,14)17(22)12-5-7-13(19)8-6-12/h2-3,5-11,14H,4H2,1H3. The number of carbonyl (C=O) groups excluding carboxylic acids is 3.